The van der Waals surface area contributed by atoms with Gasteiger partial charge in [-0.3, -0.25) is 0 Å². The first kappa shape index (κ1) is 5.49. The van der Waals surface area contributed by atoms with Crippen molar-refractivity contribution in [1.29, 1.82) is 0 Å². The lowest BCUT2D eigenvalue weighted by Gasteiger charge is -2.25. The standard InChI is InChI=1S/C6H12N4/c1-2-4-6(9-10-6)5(3-1)7-8-5/h7-10H,1-4H2. The summed E-state index contributed by atoms with van der Waals surface area (Å²) in [7, 11) is 0. The number of hydrogen-bond acceptors (Lipinski definition) is 4. The maximum atomic E-state index is 3.23. The van der Waals surface area contributed by atoms with E-state index in [2.05, 4.69) is 21.7 Å². The van der Waals surface area contributed by atoms with E-state index in [0.717, 1.165) is 0 Å². The van der Waals surface area contributed by atoms with E-state index in [1.807, 2.05) is 0 Å². The molecule has 0 bridgehead atoms. The van der Waals surface area contributed by atoms with Crippen LogP contribution in [0.5, 0.6) is 0 Å². The van der Waals surface area contributed by atoms with Crippen LogP contribution in [-0.4, -0.2) is 11.3 Å². The van der Waals surface area contributed by atoms with Crippen molar-refractivity contribution in [3.05, 3.63) is 0 Å². The highest BCUT2D eigenvalue weighted by molar-refractivity contribution is 5.20. The molecule has 2 spiro atoms. The summed E-state index contributed by atoms with van der Waals surface area (Å²) >= 11 is 0. The minimum atomic E-state index is 0.214. The third-order valence-electron chi connectivity index (χ3n) is 2.94. The second-order valence-electron chi connectivity index (χ2n) is 3.52. The van der Waals surface area contributed by atoms with Gasteiger partial charge < -0.3 is 0 Å². The molecule has 56 valence electrons. The van der Waals surface area contributed by atoms with Crippen molar-refractivity contribution in [1.82, 2.24) is 21.7 Å². The van der Waals surface area contributed by atoms with E-state index in [-0.39, 0.29) is 11.3 Å². The quantitative estimate of drug-likeness (QED) is 0.331. The summed E-state index contributed by atoms with van der Waals surface area (Å²) in [5.74, 6) is 0. The van der Waals surface area contributed by atoms with Crippen molar-refractivity contribution in [2.75, 3.05) is 0 Å². The van der Waals surface area contributed by atoms with Crippen LogP contribution in [-0.2, 0) is 0 Å². The lowest BCUT2D eigenvalue weighted by atomic mass is 9.85. The third kappa shape index (κ3) is 0.473. The molecule has 0 aromatic heterocycles. The lowest BCUT2D eigenvalue weighted by Crippen LogP contribution is -2.44. The number of fused-ring (bicyclic) bond motifs is 1. The monoisotopic (exact) mass is 140 g/mol. The average molecular weight is 140 g/mol. The maximum absolute atomic E-state index is 3.23. The molecule has 1 saturated carbocycles. The molecule has 0 unspecified atom stereocenters. The fourth-order valence-electron chi connectivity index (χ4n) is 2.03. The minimum Gasteiger partial charge on any atom is -0.232 e. The first-order valence-electron chi connectivity index (χ1n) is 3.96. The Hall–Kier alpha value is -0.160. The molecule has 0 radical (unpaired) electrons. The zero-order chi connectivity index (χ0) is 6.66. The van der Waals surface area contributed by atoms with Gasteiger partial charge in [0.1, 0.15) is 11.3 Å². The largest absolute Gasteiger partial charge is 0.232 e. The number of hydrogen-bond donors (Lipinski definition) is 4. The summed E-state index contributed by atoms with van der Waals surface area (Å²) in [6, 6.07) is 0. The minimum absolute atomic E-state index is 0.214. The van der Waals surface area contributed by atoms with Gasteiger partial charge in [-0.05, 0) is 25.7 Å². The van der Waals surface area contributed by atoms with Crippen LogP contribution in [0.15, 0.2) is 0 Å². The zero-order valence-corrected chi connectivity index (χ0v) is 5.83. The molecular weight excluding hydrogens is 128 g/mol. The predicted molar refractivity (Wildman–Crippen MR) is 36.5 cm³/mol. The topological polar surface area (TPSA) is 87.8 Å². The van der Waals surface area contributed by atoms with E-state index in [9.17, 15) is 0 Å². The molecule has 4 N–H and O–H groups in total. The van der Waals surface area contributed by atoms with Gasteiger partial charge in [0.05, 0.1) is 0 Å². The van der Waals surface area contributed by atoms with Gasteiger partial charge in [-0.1, -0.05) is 0 Å². The molecule has 0 aromatic rings. The summed E-state index contributed by atoms with van der Waals surface area (Å²) < 4.78 is 0. The van der Waals surface area contributed by atoms with Crippen molar-refractivity contribution in [3.63, 3.8) is 0 Å². The molecule has 0 amide bonds. The molecule has 4 heteroatoms. The maximum Gasteiger partial charge on any atom is 0.128 e. The van der Waals surface area contributed by atoms with Crippen LogP contribution in [0.4, 0.5) is 0 Å². The van der Waals surface area contributed by atoms with Gasteiger partial charge in [-0.15, -0.1) is 0 Å². The van der Waals surface area contributed by atoms with Gasteiger partial charge in [-0.2, -0.15) is 0 Å². The summed E-state index contributed by atoms with van der Waals surface area (Å²) in [4.78, 5) is 0. The lowest BCUT2D eigenvalue weighted by molar-refractivity contribution is 0.304. The molecule has 1 aliphatic carbocycles. The number of hydrazine groups is 2. The van der Waals surface area contributed by atoms with Crippen LogP contribution < -0.4 is 21.7 Å². The van der Waals surface area contributed by atoms with Gasteiger partial charge >= 0.3 is 0 Å². The highest BCUT2D eigenvalue weighted by Gasteiger charge is 2.67. The fourth-order valence-corrected chi connectivity index (χ4v) is 2.03. The Labute approximate surface area is 59.7 Å². The molecule has 2 saturated heterocycles. The highest BCUT2D eigenvalue weighted by atomic mass is 15.8. The molecule has 2 aliphatic heterocycles. The molecule has 3 rings (SSSR count). The van der Waals surface area contributed by atoms with Crippen LogP contribution in [0.25, 0.3) is 0 Å². The van der Waals surface area contributed by atoms with E-state index in [1.54, 1.807) is 0 Å². The Morgan fingerprint density at radius 1 is 0.700 bits per heavy atom. The van der Waals surface area contributed by atoms with Gasteiger partial charge in [0, 0.05) is 0 Å². The van der Waals surface area contributed by atoms with Crippen molar-refractivity contribution < 1.29 is 0 Å². The van der Waals surface area contributed by atoms with E-state index in [4.69, 9.17) is 0 Å². The smallest absolute Gasteiger partial charge is 0.128 e. The third-order valence-corrected chi connectivity index (χ3v) is 2.94. The van der Waals surface area contributed by atoms with Crippen LogP contribution in [0.3, 0.4) is 0 Å². The zero-order valence-electron chi connectivity index (χ0n) is 5.83. The van der Waals surface area contributed by atoms with Crippen LogP contribution in [0.1, 0.15) is 25.7 Å². The predicted octanol–water partition coefficient (Wildman–Crippen LogP) is -0.831. The summed E-state index contributed by atoms with van der Waals surface area (Å²) in [5, 5.41) is 0. The van der Waals surface area contributed by atoms with Crippen molar-refractivity contribution in [2.24, 2.45) is 0 Å². The van der Waals surface area contributed by atoms with E-state index >= 15 is 0 Å². The average Bonchev–Trinajstić information content (AvgIpc) is 2.72. The van der Waals surface area contributed by atoms with Crippen LogP contribution in [0.2, 0.25) is 0 Å². The molecule has 2 heterocycles. The van der Waals surface area contributed by atoms with Gasteiger partial charge in [0.2, 0.25) is 0 Å². The Morgan fingerprint density at radius 2 is 1.10 bits per heavy atom. The van der Waals surface area contributed by atoms with Gasteiger partial charge in [0.25, 0.3) is 0 Å². The van der Waals surface area contributed by atoms with E-state index < -0.39 is 0 Å². The summed E-state index contributed by atoms with van der Waals surface area (Å²) in [6.07, 6.45) is 5.16. The molecule has 4 nitrogen and oxygen atoms in total. The fraction of sp³-hybridized carbons (Fsp3) is 1.00. The van der Waals surface area contributed by atoms with E-state index in [1.165, 1.54) is 25.7 Å². The summed E-state index contributed by atoms with van der Waals surface area (Å²) in [6.45, 7) is 0. The highest BCUT2D eigenvalue weighted by Crippen LogP contribution is 2.42. The van der Waals surface area contributed by atoms with E-state index in [0.29, 0.717) is 0 Å². The number of nitrogens with one attached hydrogen (secondary N) is 4. The van der Waals surface area contributed by atoms with Crippen molar-refractivity contribution in [2.45, 2.75) is 37.0 Å². The van der Waals surface area contributed by atoms with Gasteiger partial charge in [-0.25, -0.2) is 21.7 Å². The molecule has 0 aromatic carbocycles. The van der Waals surface area contributed by atoms with Crippen molar-refractivity contribution >= 4 is 0 Å². The second kappa shape index (κ2) is 1.38. The van der Waals surface area contributed by atoms with Gasteiger partial charge in [0.15, 0.2) is 0 Å². The first-order chi connectivity index (χ1) is 4.87. The molecule has 3 fully saturated rings. The first-order valence-corrected chi connectivity index (χ1v) is 3.96. The SMILES string of the molecule is C1CCC2(NN2)C2(C1)NN2. The molecular formula is C6H12N4. The van der Waals surface area contributed by atoms with Crippen LogP contribution in [0, 0.1) is 0 Å². The molecule has 3 aliphatic rings. The molecule has 0 atom stereocenters. The Kier molecular flexibility index (Phi) is 0.757. The van der Waals surface area contributed by atoms with Crippen LogP contribution >= 0.6 is 0 Å². The Balaban J connectivity index is 1.91. The normalized spacial score (nSPS) is 38.4. The Morgan fingerprint density at radius 3 is 1.40 bits per heavy atom. The van der Waals surface area contributed by atoms with Crippen molar-refractivity contribution in [3.8, 4) is 0 Å². The molecule has 10 heavy (non-hydrogen) atoms. The Bertz CT molecular complexity index is 151. The number of rotatable bonds is 0. The summed E-state index contributed by atoms with van der Waals surface area (Å²) in [5.41, 5.74) is 13.3. The second-order valence-corrected chi connectivity index (χ2v) is 3.52.